The number of halogens is 3. The monoisotopic (exact) mass is 487 g/mol. The first-order valence-electron chi connectivity index (χ1n) is 10.1. The molecule has 0 radical (unpaired) electrons. The van der Waals surface area contributed by atoms with Crippen LogP contribution in [0.2, 0.25) is 10.4 Å². The van der Waals surface area contributed by atoms with E-state index in [-0.39, 0.29) is 35.2 Å². The molecule has 0 saturated carbocycles. The predicted octanol–water partition coefficient (Wildman–Crippen LogP) is 3.57. The van der Waals surface area contributed by atoms with E-state index in [2.05, 4.69) is 20.2 Å². The van der Waals surface area contributed by atoms with Gasteiger partial charge in [0, 0.05) is 25.8 Å². The lowest BCUT2D eigenvalue weighted by Gasteiger charge is -2.27. The second kappa shape index (κ2) is 9.51. The van der Waals surface area contributed by atoms with E-state index in [4.69, 9.17) is 32.7 Å². The average molecular weight is 488 g/mol. The molecule has 32 heavy (non-hydrogen) atoms. The van der Waals surface area contributed by atoms with Crippen molar-refractivity contribution in [1.29, 1.82) is 0 Å². The molecule has 172 valence electrons. The Labute approximate surface area is 191 Å². The minimum Gasteiger partial charge on any atom is -0.472 e. The molecular weight excluding hydrogens is 468 g/mol. The highest BCUT2D eigenvalue weighted by molar-refractivity contribution is 6.34. The zero-order valence-corrected chi connectivity index (χ0v) is 18.6. The van der Waals surface area contributed by atoms with Crippen molar-refractivity contribution in [2.75, 3.05) is 19.8 Å². The summed E-state index contributed by atoms with van der Waals surface area (Å²) in [6, 6.07) is -0.628. The van der Waals surface area contributed by atoms with Crippen molar-refractivity contribution < 1.29 is 18.8 Å². The van der Waals surface area contributed by atoms with Crippen LogP contribution in [-0.4, -0.2) is 60.4 Å². The first kappa shape index (κ1) is 22.6. The fourth-order valence-electron chi connectivity index (χ4n) is 3.73. The third-order valence-corrected chi connectivity index (χ3v) is 5.66. The quantitative estimate of drug-likeness (QED) is 0.204. The van der Waals surface area contributed by atoms with Gasteiger partial charge in [-0.2, -0.15) is 10.1 Å². The molecule has 0 unspecified atom stereocenters. The van der Waals surface area contributed by atoms with Crippen molar-refractivity contribution in [2.24, 2.45) is 0 Å². The zero-order valence-electron chi connectivity index (χ0n) is 17.1. The minimum absolute atomic E-state index is 0.0639. The van der Waals surface area contributed by atoms with Crippen LogP contribution in [0, 0.1) is 10.1 Å². The molecule has 0 N–H and O–H groups in total. The highest BCUT2D eigenvalue weighted by Crippen LogP contribution is 2.36. The molecule has 1 aliphatic heterocycles. The van der Waals surface area contributed by atoms with E-state index in [0.29, 0.717) is 49.1 Å². The van der Waals surface area contributed by atoms with Crippen molar-refractivity contribution in [2.45, 2.75) is 44.9 Å². The molecule has 3 aromatic heterocycles. The second-order valence-corrected chi connectivity index (χ2v) is 7.89. The summed E-state index contributed by atoms with van der Waals surface area (Å²) in [5.74, 6) is -0.126. The number of aromatic nitrogens is 6. The van der Waals surface area contributed by atoms with Crippen LogP contribution >= 0.6 is 23.2 Å². The molecule has 0 amide bonds. The van der Waals surface area contributed by atoms with Crippen LogP contribution < -0.4 is 4.74 Å². The van der Waals surface area contributed by atoms with Crippen LogP contribution in [0.25, 0.3) is 11.0 Å². The Hall–Kier alpha value is -2.57. The van der Waals surface area contributed by atoms with E-state index in [1.165, 1.54) is 10.9 Å². The van der Waals surface area contributed by atoms with E-state index in [0.717, 1.165) is 0 Å². The molecule has 0 spiro atoms. The standard InChI is InChI=1S/C18H20Cl2FN7O4/c1-2-12-14(28(29)30)17(25-27(12)13-4-7-31-9-11(13)21)32-6-3-5-26-16-10(15(19)24-26)8-22-18(20)23-16/h8,11,13H,2-7,9H2,1H3/t11-,13-/m1/s1. The molecule has 3 aromatic rings. The maximum absolute atomic E-state index is 14.4. The molecule has 11 nitrogen and oxygen atoms in total. The van der Waals surface area contributed by atoms with Crippen molar-refractivity contribution >= 4 is 39.9 Å². The summed E-state index contributed by atoms with van der Waals surface area (Å²) in [5, 5.41) is 21.1. The largest absolute Gasteiger partial charge is 0.472 e. The number of hydrogen-bond donors (Lipinski definition) is 0. The first-order chi connectivity index (χ1) is 15.4. The lowest BCUT2D eigenvalue weighted by molar-refractivity contribution is -0.386. The number of rotatable bonds is 8. The van der Waals surface area contributed by atoms with Crippen LogP contribution in [0.5, 0.6) is 5.88 Å². The van der Waals surface area contributed by atoms with E-state index in [1.54, 1.807) is 11.6 Å². The Morgan fingerprint density at radius 2 is 2.22 bits per heavy atom. The smallest absolute Gasteiger partial charge is 0.353 e. The summed E-state index contributed by atoms with van der Waals surface area (Å²) in [4.78, 5) is 19.2. The maximum atomic E-state index is 14.4. The summed E-state index contributed by atoms with van der Waals surface area (Å²) in [6.07, 6.45) is 1.32. The van der Waals surface area contributed by atoms with Crippen molar-refractivity contribution in [3.63, 3.8) is 0 Å². The van der Waals surface area contributed by atoms with Crippen LogP contribution in [0.1, 0.15) is 31.5 Å². The molecule has 14 heteroatoms. The van der Waals surface area contributed by atoms with Gasteiger partial charge < -0.3 is 9.47 Å². The maximum Gasteiger partial charge on any atom is 0.353 e. The van der Waals surface area contributed by atoms with E-state index in [9.17, 15) is 14.5 Å². The van der Waals surface area contributed by atoms with Crippen molar-refractivity contribution in [3.8, 4) is 5.88 Å². The second-order valence-electron chi connectivity index (χ2n) is 7.19. The average Bonchev–Trinajstić information content (AvgIpc) is 3.28. The third kappa shape index (κ3) is 4.34. The Morgan fingerprint density at radius 3 is 2.94 bits per heavy atom. The van der Waals surface area contributed by atoms with Crippen molar-refractivity contribution in [1.82, 2.24) is 29.5 Å². The number of nitro groups is 1. The summed E-state index contributed by atoms with van der Waals surface area (Å²) in [6.45, 7) is 2.55. The van der Waals surface area contributed by atoms with Gasteiger partial charge in [0.1, 0.15) is 11.9 Å². The molecule has 1 aliphatic rings. The number of ether oxygens (including phenoxy) is 2. The summed E-state index contributed by atoms with van der Waals surface area (Å²) >= 11 is 12.0. The van der Waals surface area contributed by atoms with Gasteiger partial charge in [-0.05, 0) is 24.4 Å². The molecule has 1 fully saturated rings. The van der Waals surface area contributed by atoms with Gasteiger partial charge in [-0.1, -0.05) is 18.5 Å². The predicted molar refractivity (Wildman–Crippen MR) is 113 cm³/mol. The first-order valence-corrected chi connectivity index (χ1v) is 10.8. The number of fused-ring (bicyclic) bond motifs is 1. The highest BCUT2D eigenvalue weighted by atomic mass is 35.5. The normalized spacial score (nSPS) is 18.9. The van der Waals surface area contributed by atoms with E-state index >= 15 is 0 Å². The molecule has 0 aromatic carbocycles. The van der Waals surface area contributed by atoms with Gasteiger partial charge in [0.2, 0.25) is 5.28 Å². The van der Waals surface area contributed by atoms with Crippen LogP contribution in [0.3, 0.4) is 0 Å². The van der Waals surface area contributed by atoms with Gasteiger partial charge >= 0.3 is 11.6 Å². The molecule has 0 bridgehead atoms. The number of aryl methyl sites for hydroxylation is 1. The van der Waals surface area contributed by atoms with Gasteiger partial charge in [0.05, 0.1) is 29.6 Å². The van der Waals surface area contributed by atoms with Gasteiger partial charge in [0.25, 0.3) is 0 Å². The number of hydrogen-bond acceptors (Lipinski definition) is 8. The summed E-state index contributed by atoms with van der Waals surface area (Å²) in [7, 11) is 0. The van der Waals surface area contributed by atoms with Gasteiger partial charge in [-0.3, -0.25) is 14.8 Å². The van der Waals surface area contributed by atoms with E-state index in [1.807, 2.05) is 0 Å². The summed E-state index contributed by atoms with van der Waals surface area (Å²) in [5.41, 5.74) is 0.570. The molecule has 2 atom stereocenters. The topological polar surface area (TPSA) is 123 Å². The molecule has 0 aliphatic carbocycles. The van der Waals surface area contributed by atoms with Gasteiger partial charge in [-0.15, -0.1) is 5.10 Å². The number of alkyl halides is 1. The van der Waals surface area contributed by atoms with Crippen LogP contribution in [0.4, 0.5) is 10.1 Å². The Kier molecular flexibility index (Phi) is 6.72. The van der Waals surface area contributed by atoms with Gasteiger partial charge in [-0.25, -0.2) is 14.1 Å². The van der Waals surface area contributed by atoms with Crippen LogP contribution in [0.15, 0.2) is 6.20 Å². The fraction of sp³-hybridized carbons (Fsp3) is 0.556. The highest BCUT2D eigenvalue weighted by Gasteiger charge is 2.35. The SMILES string of the molecule is CCc1c([N+](=O)[O-])c(OCCCn2nc(Cl)c3cnc(Cl)nc32)nn1[C@@H]1CCOC[C@H]1F. The molecule has 4 rings (SSSR count). The van der Waals surface area contributed by atoms with Crippen molar-refractivity contribution in [3.05, 3.63) is 32.4 Å². The lowest BCUT2D eigenvalue weighted by Crippen LogP contribution is -2.32. The third-order valence-electron chi connectivity index (χ3n) is 5.20. The summed E-state index contributed by atoms with van der Waals surface area (Å²) < 4.78 is 28.1. The molecular formula is C18H20Cl2FN7O4. The Balaban J connectivity index is 1.50. The zero-order chi connectivity index (χ0) is 22.8. The lowest BCUT2D eigenvalue weighted by atomic mass is 10.1. The van der Waals surface area contributed by atoms with Crippen LogP contribution in [-0.2, 0) is 17.7 Å². The van der Waals surface area contributed by atoms with E-state index < -0.39 is 17.1 Å². The Morgan fingerprint density at radius 1 is 1.41 bits per heavy atom. The number of nitrogens with zero attached hydrogens (tertiary/aromatic N) is 7. The minimum atomic E-state index is -1.30. The molecule has 4 heterocycles. The Bertz CT molecular complexity index is 1140. The fourth-order valence-corrected chi connectivity index (χ4v) is 4.08. The van der Waals surface area contributed by atoms with Gasteiger partial charge in [0.15, 0.2) is 10.8 Å². The molecule has 1 saturated heterocycles.